The number of ketones is 1. The second kappa shape index (κ2) is 9.50. The lowest BCUT2D eigenvalue weighted by atomic mass is 10.0. The SMILES string of the molecule is COc1ccc(C(NC(=O)COC(=O)CCC(=O)c2cccs2)C2CC2)cc1. The molecule has 3 rings (SSSR count). The van der Waals surface area contributed by atoms with Gasteiger partial charge in [-0.25, -0.2) is 0 Å². The van der Waals surface area contributed by atoms with Crippen molar-refractivity contribution in [2.75, 3.05) is 13.7 Å². The average molecular weight is 401 g/mol. The van der Waals surface area contributed by atoms with Gasteiger partial charge in [0.1, 0.15) is 5.75 Å². The molecule has 0 spiro atoms. The summed E-state index contributed by atoms with van der Waals surface area (Å²) >= 11 is 1.34. The quantitative estimate of drug-likeness (QED) is 0.486. The average Bonchev–Trinajstić information content (AvgIpc) is 3.41. The van der Waals surface area contributed by atoms with Crippen LogP contribution in [0.2, 0.25) is 0 Å². The molecule has 1 amide bonds. The van der Waals surface area contributed by atoms with Crippen LogP contribution in [0.4, 0.5) is 0 Å². The molecule has 28 heavy (non-hydrogen) atoms. The summed E-state index contributed by atoms with van der Waals surface area (Å²) in [6, 6.07) is 11.0. The van der Waals surface area contributed by atoms with Gasteiger partial charge in [0.15, 0.2) is 12.4 Å². The number of benzene rings is 1. The number of hydrogen-bond acceptors (Lipinski definition) is 6. The van der Waals surface area contributed by atoms with Gasteiger partial charge in [0.2, 0.25) is 0 Å². The Kier molecular flexibility index (Phi) is 6.81. The fraction of sp³-hybridized carbons (Fsp3) is 0.381. The molecule has 1 aromatic heterocycles. The van der Waals surface area contributed by atoms with Crippen molar-refractivity contribution in [3.8, 4) is 5.75 Å². The van der Waals surface area contributed by atoms with Crippen molar-refractivity contribution in [1.29, 1.82) is 0 Å². The molecule has 1 fully saturated rings. The van der Waals surface area contributed by atoms with Gasteiger partial charge in [-0.05, 0) is 47.9 Å². The molecule has 0 aliphatic heterocycles. The summed E-state index contributed by atoms with van der Waals surface area (Å²) in [6.45, 7) is -0.342. The van der Waals surface area contributed by atoms with E-state index in [0.717, 1.165) is 24.2 Å². The van der Waals surface area contributed by atoms with E-state index in [0.29, 0.717) is 10.8 Å². The van der Waals surface area contributed by atoms with E-state index in [1.165, 1.54) is 11.3 Å². The fourth-order valence-electron chi connectivity index (χ4n) is 2.92. The van der Waals surface area contributed by atoms with Crippen LogP contribution in [0.15, 0.2) is 41.8 Å². The van der Waals surface area contributed by atoms with E-state index in [4.69, 9.17) is 9.47 Å². The number of ether oxygens (including phenoxy) is 2. The highest BCUT2D eigenvalue weighted by molar-refractivity contribution is 7.12. The van der Waals surface area contributed by atoms with Crippen molar-refractivity contribution in [2.45, 2.75) is 31.7 Å². The molecular weight excluding hydrogens is 378 g/mol. The van der Waals surface area contributed by atoms with E-state index in [2.05, 4.69) is 5.32 Å². The zero-order valence-corrected chi connectivity index (χ0v) is 16.5. The van der Waals surface area contributed by atoms with E-state index in [9.17, 15) is 14.4 Å². The lowest BCUT2D eigenvalue weighted by molar-refractivity contribution is -0.148. The zero-order valence-electron chi connectivity index (χ0n) is 15.7. The molecule has 7 heteroatoms. The first-order valence-corrected chi connectivity index (χ1v) is 10.1. The smallest absolute Gasteiger partial charge is 0.306 e. The molecule has 1 atom stereocenters. The van der Waals surface area contributed by atoms with E-state index in [1.807, 2.05) is 29.6 Å². The molecule has 1 N–H and O–H groups in total. The second-order valence-corrected chi connectivity index (χ2v) is 7.66. The van der Waals surface area contributed by atoms with Crippen LogP contribution in [-0.4, -0.2) is 31.4 Å². The predicted octanol–water partition coefficient (Wildman–Crippen LogP) is 3.53. The van der Waals surface area contributed by atoms with Gasteiger partial charge in [-0.3, -0.25) is 14.4 Å². The molecule has 1 unspecified atom stereocenters. The Morgan fingerprint density at radius 2 is 1.89 bits per heavy atom. The van der Waals surface area contributed by atoms with Gasteiger partial charge in [0, 0.05) is 6.42 Å². The summed E-state index contributed by atoms with van der Waals surface area (Å²) < 4.78 is 10.2. The second-order valence-electron chi connectivity index (χ2n) is 6.72. The Bertz CT molecular complexity index is 812. The minimum Gasteiger partial charge on any atom is -0.497 e. The first kappa shape index (κ1) is 20.1. The van der Waals surface area contributed by atoms with Crippen molar-refractivity contribution in [2.24, 2.45) is 5.92 Å². The summed E-state index contributed by atoms with van der Waals surface area (Å²) in [4.78, 5) is 36.6. The predicted molar refractivity (Wildman–Crippen MR) is 105 cm³/mol. The van der Waals surface area contributed by atoms with Crippen LogP contribution in [-0.2, 0) is 14.3 Å². The summed E-state index contributed by atoms with van der Waals surface area (Å²) in [6.07, 6.45) is 2.16. The molecule has 1 heterocycles. The van der Waals surface area contributed by atoms with Crippen LogP contribution < -0.4 is 10.1 Å². The number of nitrogens with one attached hydrogen (secondary N) is 1. The molecule has 148 valence electrons. The van der Waals surface area contributed by atoms with Gasteiger partial charge in [0.25, 0.3) is 5.91 Å². The standard InChI is InChI=1S/C21H23NO5S/c1-26-16-8-6-15(7-9-16)21(14-4-5-14)22-19(24)13-27-20(25)11-10-17(23)18-3-2-12-28-18/h2-3,6-9,12,14,21H,4-5,10-11,13H2,1H3,(H,22,24). The van der Waals surface area contributed by atoms with E-state index < -0.39 is 5.97 Å². The van der Waals surface area contributed by atoms with Crippen molar-refractivity contribution in [3.63, 3.8) is 0 Å². The third-order valence-electron chi connectivity index (χ3n) is 4.60. The van der Waals surface area contributed by atoms with Gasteiger partial charge >= 0.3 is 5.97 Å². The molecule has 1 aliphatic rings. The lowest BCUT2D eigenvalue weighted by Crippen LogP contribution is -2.33. The van der Waals surface area contributed by atoms with Crippen molar-refractivity contribution >= 4 is 29.0 Å². The van der Waals surface area contributed by atoms with Crippen molar-refractivity contribution in [1.82, 2.24) is 5.32 Å². The maximum atomic E-state index is 12.2. The molecule has 0 saturated heterocycles. The normalized spacial score (nSPS) is 14.2. The van der Waals surface area contributed by atoms with Crippen LogP contribution in [0, 0.1) is 5.92 Å². The molecule has 0 radical (unpaired) electrons. The van der Waals surface area contributed by atoms with Crippen molar-refractivity contribution in [3.05, 3.63) is 52.2 Å². The molecule has 2 aromatic rings. The number of thiophene rings is 1. The molecular formula is C21H23NO5S. The molecule has 6 nitrogen and oxygen atoms in total. The third kappa shape index (κ3) is 5.66. The summed E-state index contributed by atoms with van der Waals surface area (Å²) in [5.41, 5.74) is 1.00. The van der Waals surface area contributed by atoms with Gasteiger partial charge in [-0.15, -0.1) is 11.3 Å². The number of carbonyl (C=O) groups is 3. The minimum atomic E-state index is -0.549. The number of hydrogen-bond donors (Lipinski definition) is 1. The van der Waals surface area contributed by atoms with Crippen LogP contribution in [0.5, 0.6) is 5.75 Å². The number of carbonyl (C=O) groups excluding carboxylic acids is 3. The van der Waals surface area contributed by atoms with E-state index in [1.54, 1.807) is 19.2 Å². The van der Waals surface area contributed by atoms with E-state index >= 15 is 0 Å². The Morgan fingerprint density at radius 3 is 2.50 bits per heavy atom. The van der Waals surface area contributed by atoms with Crippen LogP contribution >= 0.6 is 11.3 Å². The maximum absolute atomic E-state index is 12.2. The van der Waals surface area contributed by atoms with Gasteiger partial charge in [-0.1, -0.05) is 18.2 Å². The van der Waals surface area contributed by atoms with Crippen molar-refractivity contribution < 1.29 is 23.9 Å². The first-order chi connectivity index (χ1) is 13.6. The number of methoxy groups -OCH3 is 1. The maximum Gasteiger partial charge on any atom is 0.306 e. The third-order valence-corrected chi connectivity index (χ3v) is 5.51. The Balaban J connectivity index is 1.44. The topological polar surface area (TPSA) is 81.7 Å². The molecule has 1 saturated carbocycles. The van der Waals surface area contributed by atoms with Crippen LogP contribution in [0.25, 0.3) is 0 Å². The highest BCUT2D eigenvalue weighted by Crippen LogP contribution is 2.41. The summed E-state index contributed by atoms with van der Waals surface area (Å²) in [5, 5.41) is 4.77. The molecule has 1 aliphatic carbocycles. The van der Waals surface area contributed by atoms with Gasteiger partial charge in [-0.2, -0.15) is 0 Å². The number of rotatable bonds is 10. The first-order valence-electron chi connectivity index (χ1n) is 9.22. The largest absolute Gasteiger partial charge is 0.497 e. The Morgan fingerprint density at radius 1 is 1.14 bits per heavy atom. The lowest BCUT2D eigenvalue weighted by Gasteiger charge is -2.19. The molecule has 1 aromatic carbocycles. The Hall–Kier alpha value is -2.67. The minimum absolute atomic E-state index is 0.0332. The van der Waals surface area contributed by atoms with Crippen LogP contribution in [0.3, 0.4) is 0 Å². The monoisotopic (exact) mass is 401 g/mol. The number of Topliss-reactive ketones (excluding diaryl/α,β-unsaturated/α-hetero) is 1. The summed E-state index contributed by atoms with van der Waals surface area (Å²) in [5.74, 6) is 0.176. The highest BCUT2D eigenvalue weighted by Gasteiger charge is 2.33. The number of amides is 1. The fourth-order valence-corrected chi connectivity index (χ4v) is 3.62. The highest BCUT2D eigenvalue weighted by atomic mass is 32.1. The van der Waals surface area contributed by atoms with Gasteiger partial charge < -0.3 is 14.8 Å². The van der Waals surface area contributed by atoms with Crippen LogP contribution in [0.1, 0.15) is 47.0 Å². The Labute approximate surface area is 167 Å². The van der Waals surface area contributed by atoms with Gasteiger partial charge in [0.05, 0.1) is 24.4 Å². The summed E-state index contributed by atoms with van der Waals surface area (Å²) in [7, 11) is 1.61. The van der Waals surface area contributed by atoms with E-state index in [-0.39, 0.29) is 37.2 Å². The zero-order chi connectivity index (χ0) is 19.9. The molecule has 0 bridgehead atoms. The number of esters is 1.